The molecule has 0 radical (unpaired) electrons. The molecule has 1 aliphatic heterocycles. The van der Waals surface area contributed by atoms with Crippen LogP contribution < -0.4 is 5.73 Å². The predicted molar refractivity (Wildman–Crippen MR) is 75.6 cm³/mol. The van der Waals surface area contributed by atoms with Crippen LogP contribution in [0.1, 0.15) is 24.6 Å². The molecule has 0 amide bonds. The molecular weight excluding hydrogens is 284 g/mol. The van der Waals surface area contributed by atoms with E-state index in [0.717, 1.165) is 17.7 Å². The Morgan fingerprint density at radius 3 is 3.00 bits per heavy atom. The van der Waals surface area contributed by atoms with Gasteiger partial charge in [-0.05, 0) is 25.8 Å². The van der Waals surface area contributed by atoms with Crippen LogP contribution in [0.5, 0.6) is 0 Å². The Labute approximate surface area is 118 Å². The molecule has 2 rings (SSSR count). The SMILES string of the molecule is CCOC1CCCN(S(=O)(=O)c2csc(CN)c2)C1. The number of rotatable bonds is 5. The van der Waals surface area contributed by atoms with Crippen molar-refractivity contribution in [1.82, 2.24) is 4.31 Å². The fourth-order valence-corrected chi connectivity index (χ4v) is 4.90. The zero-order valence-corrected chi connectivity index (χ0v) is 12.7. The van der Waals surface area contributed by atoms with Crippen LogP contribution in [0.3, 0.4) is 0 Å². The highest BCUT2D eigenvalue weighted by Gasteiger charge is 2.31. The Bertz CT molecular complexity index is 511. The quantitative estimate of drug-likeness (QED) is 0.892. The highest BCUT2D eigenvalue weighted by Crippen LogP contribution is 2.25. The van der Waals surface area contributed by atoms with Crippen LogP contribution in [-0.2, 0) is 21.3 Å². The Morgan fingerprint density at radius 1 is 1.58 bits per heavy atom. The Balaban J connectivity index is 2.14. The van der Waals surface area contributed by atoms with E-state index in [2.05, 4.69) is 0 Å². The first-order valence-corrected chi connectivity index (χ1v) is 8.79. The number of piperidine rings is 1. The number of nitrogens with two attached hydrogens (primary N) is 1. The van der Waals surface area contributed by atoms with Crippen molar-refractivity contribution in [2.75, 3.05) is 19.7 Å². The van der Waals surface area contributed by atoms with E-state index < -0.39 is 10.0 Å². The molecule has 0 spiro atoms. The van der Waals surface area contributed by atoms with Crippen molar-refractivity contribution in [2.45, 2.75) is 37.3 Å². The van der Waals surface area contributed by atoms with Crippen molar-refractivity contribution < 1.29 is 13.2 Å². The number of hydrogen-bond acceptors (Lipinski definition) is 5. The van der Waals surface area contributed by atoms with Gasteiger partial charge in [0.25, 0.3) is 0 Å². The van der Waals surface area contributed by atoms with Gasteiger partial charge in [0.05, 0.1) is 11.0 Å². The highest BCUT2D eigenvalue weighted by molar-refractivity contribution is 7.89. The fourth-order valence-electron chi connectivity index (χ4n) is 2.25. The number of nitrogens with zero attached hydrogens (tertiary/aromatic N) is 1. The summed E-state index contributed by atoms with van der Waals surface area (Å²) in [6.45, 7) is 3.94. The summed E-state index contributed by atoms with van der Waals surface area (Å²) in [6.07, 6.45) is 1.79. The van der Waals surface area contributed by atoms with Crippen LogP contribution >= 0.6 is 11.3 Å². The molecule has 1 fully saturated rings. The molecule has 108 valence electrons. The molecule has 2 heterocycles. The van der Waals surface area contributed by atoms with Gasteiger partial charge in [-0.2, -0.15) is 4.31 Å². The highest BCUT2D eigenvalue weighted by atomic mass is 32.2. The minimum absolute atomic E-state index is 0.0149. The van der Waals surface area contributed by atoms with Gasteiger partial charge < -0.3 is 10.5 Å². The molecule has 1 aliphatic rings. The second kappa shape index (κ2) is 6.32. The third-order valence-electron chi connectivity index (χ3n) is 3.21. The van der Waals surface area contributed by atoms with Crippen molar-refractivity contribution in [1.29, 1.82) is 0 Å². The molecule has 2 N–H and O–H groups in total. The average molecular weight is 304 g/mol. The van der Waals surface area contributed by atoms with E-state index in [9.17, 15) is 8.42 Å². The Hall–Kier alpha value is -0.470. The minimum atomic E-state index is -3.39. The van der Waals surface area contributed by atoms with Crippen molar-refractivity contribution >= 4 is 21.4 Å². The second-order valence-electron chi connectivity index (χ2n) is 4.54. The molecular formula is C12H20N2O3S2. The molecule has 1 unspecified atom stereocenters. The van der Waals surface area contributed by atoms with Gasteiger partial charge >= 0.3 is 0 Å². The average Bonchev–Trinajstić information content (AvgIpc) is 2.89. The van der Waals surface area contributed by atoms with Crippen molar-refractivity contribution in [2.24, 2.45) is 5.73 Å². The van der Waals surface area contributed by atoms with Crippen LogP contribution in [0.2, 0.25) is 0 Å². The fraction of sp³-hybridized carbons (Fsp3) is 0.667. The van der Waals surface area contributed by atoms with Crippen molar-refractivity contribution in [3.8, 4) is 0 Å². The third-order valence-corrected chi connectivity index (χ3v) is 6.16. The lowest BCUT2D eigenvalue weighted by Gasteiger charge is -2.31. The molecule has 1 atom stereocenters. The molecule has 0 bridgehead atoms. The summed E-state index contributed by atoms with van der Waals surface area (Å²) < 4.78 is 32.1. The van der Waals surface area contributed by atoms with E-state index in [4.69, 9.17) is 10.5 Å². The van der Waals surface area contributed by atoms with Crippen LogP contribution in [0.25, 0.3) is 0 Å². The summed E-state index contributed by atoms with van der Waals surface area (Å²) in [5.41, 5.74) is 5.53. The number of sulfonamides is 1. The van der Waals surface area contributed by atoms with Crippen LogP contribution in [0, 0.1) is 0 Å². The summed E-state index contributed by atoms with van der Waals surface area (Å²) in [6, 6.07) is 1.67. The summed E-state index contributed by atoms with van der Waals surface area (Å²) in [7, 11) is -3.39. The van der Waals surface area contributed by atoms with Crippen molar-refractivity contribution in [3.63, 3.8) is 0 Å². The smallest absolute Gasteiger partial charge is 0.243 e. The summed E-state index contributed by atoms with van der Waals surface area (Å²) in [5, 5.41) is 1.67. The number of hydrogen-bond donors (Lipinski definition) is 1. The summed E-state index contributed by atoms with van der Waals surface area (Å²) >= 11 is 1.39. The molecule has 1 aromatic rings. The maximum Gasteiger partial charge on any atom is 0.243 e. The van der Waals surface area contributed by atoms with E-state index in [-0.39, 0.29) is 6.10 Å². The van der Waals surface area contributed by atoms with Gasteiger partial charge in [-0.25, -0.2) is 8.42 Å². The van der Waals surface area contributed by atoms with Crippen molar-refractivity contribution in [3.05, 3.63) is 16.3 Å². The lowest BCUT2D eigenvalue weighted by Crippen LogP contribution is -2.43. The number of thiophene rings is 1. The summed E-state index contributed by atoms with van der Waals surface area (Å²) in [5.74, 6) is 0. The molecule has 1 aromatic heterocycles. The Morgan fingerprint density at radius 2 is 2.37 bits per heavy atom. The monoisotopic (exact) mass is 304 g/mol. The molecule has 19 heavy (non-hydrogen) atoms. The largest absolute Gasteiger partial charge is 0.377 e. The van der Waals surface area contributed by atoms with E-state index in [0.29, 0.717) is 31.1 Å². The maximum atomic E-state index is 12.5. The van der Waals surface area contributed by atoms with E-state index in [1.54, 1.807) is 11.4 Å². The van der Waals surface area contributed by atoms with Crippen LogP contribution in [-0.4, -0.2) is 38.5 Å². The first-order valence-electron chi connectivity index (χ1n) is 6.47. The van der Waals surface area contributed by atoms with Gasteiger partial charge in [0.15, 0.2) is 0 Å². The predicted octanol–water partition coefficient (Wildman–Crippen LogP) is 1.40. The third kappa shape index (κ3) is 3.35. The zero-order chi connectivity index (χ0) is 13.9. The lowest BCUT2D eigenvalue weighted by molar-refractivity contribution is 0.0265. The van der Waals surface area contributed by atoms with Gasteiger partial charge in [0, 0.05) is 36.5 Å². The molecule has 0 aromatic carbocycles. The standard InChI is InChI=1S/C12H20N2O3S2/c1-2-17-10-4-3-5-14(8-10)19(15,16)12-6-11(7-13)18-9-12/h6,9-10H,2-5,7-8,13H2,1H3. The van der Waals surface area contributed by atoms with Gasteiger partial charge in [0.2, 0.25) is 10.0 Å². The zero-order valence-electron chi connectivity index (χ0n) is 11.0. The van der Waals surface area contributed by atoms with Crippen LogP contribution in [0.15, 0.2) is 16.3 Å². The minimum Gasteiger partial charge on any atom is -0.377 e. The van der Waals surface area contributed by atoms with Gasteiger partial charge in [-0.1, -0.05) is 0 Å². The molecule has 0 aliphatic carbocycles. The van der Waals surface area contributed by atoms with Gasteiger partial charge in [0.1, 0.15) is 0 Å². The van der Waals surface area contributed by atoms with Gasteiger partial charge in [-0.15, -0.1) is 11.3 Å². The molecule has 0 saturated carbocycles. The summed E-state index contributed by atoms with van der Waals surface area (Å²) in [4.78, 5) is 1.24. The number of ether oxygens (including phenoxy) is 1. The second-order valence-corrected chi connectivity index (χ2v) is 7.47. The topological polar surface area (TPSA) is 72.6 Å². The molecule has 1 saturated heterocycles. The Kier molecular flexibility index (Phi) is 4.97. The van der Waals surface area contributed by atoms with Gasteiger partial charge in [-0.3, -0.25) is 0 Å². The van der Waals surface area contributed by atoms with E-state index >= 15 is 0 Å². The van der Waals surface area contributed by atoms with Crippen LogP contribution in [0.4, 0.5) is 0 Å². The molecule has 7 heteroatoms. The maximum absolute atomic E-state index is 12.5. The lowest BCUT2D eigenvalue weighted by atomic mass is 10.1. The van der Waals surface area contributed by atoms with E-state index in [1.807, 2.05) is 6.92 Å². The first kappa shape index (κ1) is 14.9. The first-order chi connectivity index (χ1) is 9.07. The molecule has 5 nitrogen and oxygen atoms in total. The normalized spacial score (nSPS) is 21.7. The van der Waals surface area contributed by atoms with E-state index in [1.165, 1.54) is 15.6 Å².